The first-order valence-electron chi connectivity index (χ1n) is 15.7. The SMILES string of the molecule is CCCCCCCCOc1ccc(-c2cnc(-c3ccc(C(=O)OC(CCCCCCCC)C(F)(F)F)cc3)nc2)cc1. The summed E-state index contributed by atoms with van der Waals surface area (Å²) in [5.41, 5.74) is 2.49. The van der Waals surface area contributed by atoms with Gasteiger partial charge in [0.15, 0.2) is 11.9 Å². The average Bonchev–Trinajstić information content (AvgIpc) is 3.01. The Morgan fingerprint density at radius 1 is 0.698 bits per heavy atom. The molecule has 1 unspecified atom stereocenters. The van der Waals surface area contributed by atoms with Crippen LogP contribution in [-0.2, 0) is 4.74 Å². The zero-order chi connectivity index (χ0) is 30.9. The smallest absolute Gasteiger partial charge is 0.425 e. The maximum absolute atomic E-state index is 13.5. The van der Waals surface area contributed by atoms with Gasteiger partial charge in [0, 0.05) is 23.5 Å². The molecule has 0 bridgehead atoms. The second-order valence-electron chi connectivity index (χ2n) is 11.0. The minimum atomic E-state index is -4.60. The summed E-state index contributed by atoms with van der Waals surface area (Å²) in [7, 11) is 0. The Bertz CT molecular complexity index is 1200. The van der Waals surface area contributed by atoms with Crippen molar-refractivity contribution in [2.75, 3.05) is 6.61 Å². The summed E-state index contributed by atoms with van der Waals surface area (Å²) in [5, 5.41) is 0. The Kier molecular flexibility index (Phi) is 14.5. The molecule has 8 heteroatoms. The lowest BCUT2D eigenvalue weighted by atomic mass is 10.1. The maximum atomic E-state index is 13.5. The van der Waals surface area contributed by atoms with Crippen molar-refractivity contribution in [2.24, 2.45) is 0 Å². The first-order valence-corrected chi connectivity index (χ1v) is 15.7. The first kappa shape index (κ1) is 34.1. The molecule has 5 nitrogen and oxygen atoms in total. The van der Waals surface area contributed by atoms with Crippen molar-refractivity contribution < 1.29 is 27.4 Å². The molecule has 0 aliphatic heterocycles. The summed E-state index contributed by atoms with van der Waals surface area (Å²) >= 11 is 0. The molecular formula is C35H45F3N2O3. The molecule has 234 valence electrons. The van der Waals surface area contributed by atoms with Gasteiger partial charge in [-0.1, -0.05) is 102 Å². The van der Waals surface area contributed by atoms with Gasteiger partial charge in [0.1, 0.15) is 5.75 Å². The zero-order valence-electron chi connectivity index (χ0n) is 25.5. The summed E-state index contributed by atoms with van der Waals surface area (Å²) in [6.07, 6.45) is 8.92. The molecule has 1 aromatic heterocycles. The molecule has 0 amide bonds. The van der Waals surface area contributed by atoms with E-state index in [1.807, 2.05) is 24.3 Å². The molecule has 2 aromatic carbocycles. The molecular weight excluding hydrogens is 553 g/mol. The van der Waals surface area contributed by atoms with Crippen LogP contribution in [0.15, 0.2) is 60.9 Å². The number of halogens is 3. The van der Waals surface area contributed by atoms with Crippen LogP contribution in [0, 0.1) is 0 Å². The van der Waals surface area contributed by atoms with Crippen LogP contribution < -0.4 is 4.74 Å². The Labute approximate surface area is 254 Å². The third kappa shape index (κ3) is 12.0. The molecule has 1 heterocycles. The van der Waals surface area contributed by atoms with Gasteiger partial charge in [0.25, 0.3) is 0 Å². The Morgan fingerprint density at radius 3 is 1.81 bits per heavy atom. The van der Waals surface area contributed by atoms with Crippen molar-refractivity contribution >= 4 is 5.97 Å². The van der Waals surface area contributed by atoms with E-state index in [0.29, 0.717) is 30.8 Å². The fraction of sp³-hybridized carbons (Fsp3) is 0.514. The predicted molar refractivity (Wildman–Crippen MR) is 165 cm³/mol. The van der Waals surface area contributed by atoms with E-state index in [-0.39, 0.29) is 12.0 Å². The number of carbonyl (C=O) groups excluding carboxylic acids is 1. The van der Waals surface area contributed by atoms with Gasteiger partial charge in [0.2, 0.25) is 0 Å². The molecule has 0 spiro atoms. The highest BCUT2D eigenvalue weighted by atomic mass is 19.4. The van der Waals surface area contributed by atoms with E-state index in [1.54, 1.807) is 24.5 Å². The number of hydrogen-bond donors (Lipinski definition) is 0. The molecule has 3 aromatic rings. The number of carbonyl (C=O) groups is 1. The van der Waals surface area contributed by atoms with Crippen molar-refractivity contribution in [1.29, 1.82) is 0 Å². The summed E-state index contributed by atoms with van der Waals surface area (Å²) in [6, 6.07) is 13.9. The van der Waals surface area contributed by atoms with Gasteiger partial charge >= 0.3 is 12.1 Å². The van der Waals surface area contributed by atoms with Crippen molar-refractivity contribution in [3.8, 4) is 28.3 Å². The third-order valence-electron chi connectivity index (χ3n) is 7.42. The molecule has 1 atom stereocenters. The summed E-state index contributed by atoms with van der Waals surface area (Å²) in [5.74, 6) is 0.284. The Balaban J connectivity index is 1.50. The summed E-state index contributed by atoms with van der Waals surface area (Å²) in [6.45, 7) is 5.01. The molecule has 43 heavy (non-hydrogen) atoms. The van der Waals surface area contributed by atoms with E-state index in [9.17, 15) is 18.0 Å². The third-order valence-corrected chi connectivity index (χ3v) is 7.42. The topological polar surface area (TPSA) is 61.3 Å². The molecule has 0 saturated heterocycles. The second-order valence-corrected chi connectivity index (χ2v) is 11.0. The van der Waals surface area contributed by atoms with E-state index in [4.69, 9.17) is 9.47 Å². The lowest BCUT2D eigenvalue weighted by Crippen LogP contribution is -2.33. The quantitative estimate of drug-likeness (QED) is 0.101. The van der Waals surface area contributed by atoms with Gasteiger partial charge < -0.3 is 9.47 Å². The van der Waals surface area contributed by atoms with E-state index < -0.39 is 18.2 Å². The lowest BCUT2D eigenvalue weighted by Gasteiger charge is -2.20. The molecule has 0 fully saturated rings. The molecule has 3 rings (SSSR count). The van der Waals surface area contributed by atoms with Crippen LogP contribution in [0.4, 0.5) is 13.2 Å². The Hall–Kier alpha value is -3.42. The Morgan fingerprint density at radius 2 is 1.23 bits per heavy atom. The van der Waals surface area contributed by atoms with Crippen LogP contribution in [0.5, 0.6) is 5.75 Å². The highest BCUT2D eigenvalue weighted by molar-refractivity contribution is 5.90. The highest BCUT2D eigenvalue weighted by Crippen LogP contribution is 2.29. The first-order chi connectivity index (χ1) is 20.8. The number of esters is 1. The molecule has 0 saturated carbocycles. The van der Waals surface area contributed by atoms with Gasteiger partial charge in [-0.05, 0) is 49.1 Å². The summed E-state index contributed by atoms with van der Waals surface area (Å²) < 4.78 is 51.2. The standard InChI is InChI=1S/C35H45F3N2O3/c1-3-5-7-9-11-13-15-32(35(36,37)38)43-34(41)29-18-16-28(17-19-29)33-39-25-30(26-40-33)27-20-22-31(23-21-27)42-24-14-12-10-8-6-4-2/h16-23,25-26,32H,3-15,24H2,1-2H3. The van der Waals surface area contributed by atoms with Crippen LogP contribution in [0.2, 0.25) is 0 Å². The van der Waals surface area contributed by atoms with E-state index in [0.717, 1.165) is 49.0 Å². The molecule has 0 N–H and O–H groups in total. The van der Waals surface area contributed by atoms with Gasteiger partial charge in [-0.2, -0.15) is 13.2 Å². The zero-order valence-corrected chi connectivity index (χ0v) is 25.5. The molecule has 0 radical (unpaired) electrons. The number of aromatic nitrogens is 2. The average molecular weight is 599 g/mol. The van der Waals surface area contributed by atoms with Gasteiger partial charge in [0.05, 0.1) is 12.2 Å². The fourth-order valence-corrected chi connectivity index (χ4v) is 4.79. The predicted octanol–water partition coefficient (Wildman–Crippen LogP) is 10.4. The molecule has 0 aliphatic rings. The largest absolute Gasteiger partial charge is 0.494 e. The van der Waals surface area contributed by atoms with Crippen molar-refractivity contribution in [3.63, 3.8) is 0 Å². The number of ether oxygens (including phenoxy) is 2. The number of nitrogens with zero attached hydrogens (tertiary/aromatic N) is 2. The van der Waals surface area contributed by atoms with E-state index in [1.165, 1.54) is 44.2 Å². The maximum Gasteiger partial charge on any atom is 0.425 e. The summed E-state index contributed by atoms with van der Waals surface area (Å²) in [4.78, 5) is 21.4. The second kappa shape index (κ2) is 18.3. The number of hydrogen-bond acceptors (Lipinski definition) is 5. The van der Waals surface area contributed by atoms with Crippen molar-refractivity contribution in [3.05, 3.63) is 66.5 Å². The minimum Gasteiger partial charge on any atom is -0.494 e. The lowest BCUT2D eigenvalue weighted by molar-refractivity contribution is -0.206. The highest BCUT2D eigenvalue weighted by Gasteiger charge is 2.42. The number of unbranched alkanes of at least 4 members (excludes halogenated alkanes) is 10. The van der Waals surface area contributed by atoms with Crippen molar-refractivity contribution in [2.45, 2.75) is 110 Å². The number of rotatable bonds is 19. The van der Waals surface area contributed by atoms with Crippen LogP contribution in [0.25, 0.3) is 22.5 Å². The van der Waals surface area contributed by atoms with Gasteiger partial charge in [-0.3, -0.25) is 0 Å². The van der Waals surface area contributed by atoms with Crippen LogP contribution in [-0.4, -0.2) is 34.8 Å². The van der Waals surface area contributed by atoms with Gasteiger partial charge in [-0.25, -0.2) is 14.8 Å². The van der Waals surface area contributed by atoms with Crippen LogP contribution >= 0.6 is 0 Å². The minimum absolute atomic E-state index is 0.0522. The van der Waals surface area contributed by atoms with Crippen LogP contribution in [0.1, 0.15) is 108 Å². The van der Waals surface area contributed by atoms with Crippen LogP contribution in [0.3, 0.4) is 0 Å². The van der Waals surface area contributed by atoms with E-state index >= 15 is 0 Å². The normalized spacial score (nSPS) is 12.2. The fourth-order valence-electron chi connectivity index (χ4n) is 4.79. The number of alkyl halides is 3. The van der Waals surface area contributed by atoms with E-state index in [2.05, 4.69) is 23.8 Å². The van der Waals surface area contributed by atoms with Gasteiger partial charge in [-0.15, -0.1) is 0 Å². The monoisotopic (exact) mass is 598 g/mol. The van der Waals surface area contributed by atoms with Crippen molar-refractivity contribution in [1.82, 2.24) is 9.97 Å². The molecule has 0 aliphatic carbocycles. The number of benzene rings is 2.